The smallest absolute Gasteiger partial charge is 0.305 e. The lowest BCUT2D eigenvalue weighted by molar-refractivity contribution is -0.143. The van der Waals surface area contributed by atoms with Crippen LogP contribution >= 0.6 is 0 Å². The van der Waals surface area contributed by atoms with Crippen LogP contribution in [0.4, 0.5) is 0 Å². The monoisotopic (exact) mass is 1100 g/mol. The summed E-state index contributed by atoms with van der Waals surface area (Å²) in [7, 11) is 0. The van der Waals surface area contributed by atoms with Crippen LogP contribution in [0.1, 0.15) is 399 Å². The van der Waals surface area contributed by atoms with E-state index in [0.29, 0.717) is 19.4 Å². The normalized spacial score (nSPS) is 12.6. The van der Waals surface area contributed by atoms with E-state index in [4.69, 9.17) is 4.74 Å². The third kappa shape index (κ3) is 63.5. The van der Waals surface area contributed by atoms with E-state index in [1.54, 1.807) is 6.08 Å². The molecule has 0 aliphatic carbocycles. The Morgan fingerprint density at radius 1 is 0.346 bits per heavy atom. The van der Waals surface area contributed by atoms with Crippen LogP contribution in [0.2, 0.25) is 0 Å². The summed E-state index contributed by atoms with van der Waals surface area (Å²) in [6.45, 7) is 4.95. The number of aliphatic hydroxyl groups excluding tert-OH is 2. The van der Waals surface area contributed by atoms with Gasteiger partial charge in [-0.05, 0) is 57.8 Å². The van der Waals surface area contributed by atoms with Gasteiger partial charge in [-0.2, -0.15) is 0 Å². The Kier molecular flexibility index (Phi) is 66.4. The first kappa shape index (κ1) is 76.3. The number of rotatable bonds is 67. The molecule has 0 rings (SSSR count). The predicted molar refractivity (Wildman–Crippen MR) is 343 cm³/mol. The lowest BCUT2D eigenvalue weighted by Crippen LogP contribution is -2.45. The maximum atomic E-state index is 12.5. The van der Waals surface area contributed by atoms with E-state index in [-0.39, 0.29) is 18.5 Å². The van der Waals surface area contributed by atoms with E-state index in [1.807, 2.05) is 6.08 Å². The van der Waals surface area contributed by atoms with Crippen LogP contribution in [-0.2, 0) is 14.3 Å². The van der Waals surface area contributed by atoms with Gasteiger partial charge < -0.3 is 20.3 Å². The van der Waals surface area contributed by atoms with Crippen molar-refractivity contribution in [3.63, 3.8) is 0 Å². The Hall–Kier alpha value is -1.66. The van der Waals surface area contributed by atoms with Crippen molar-refractivity contribution in [2.24, 2.45) is 0 Å². The number of aliphatic hydroxyl groups is 2. The molecular formula is C72H139NO5. The standard InChI is InChI=1S/C72H139NO5/c1-3-5-7-9-11-13-15-17-19-21-22-29-33-36-40-44-48-52-56-60-64-70(75)69(68-74)73-71(76)65-61-57-53-49-45-41-37-34-30-27-25-23-24-26-28-31-35-39-43-47-51-55-59-63-67-78-72(77)66-62-58-54-50-46-42-38-32-20-18-16-14-12-10-8-6-4-2/h25,27,60,64,69-70,74-75H,3-24,26,28-59,61-63,65-68H2,1-2H3,(H,73,76)/b27-25-,64-60+. The molecule has 1 amide bonds. The molecule has 0 fully saturated rings. The lowest BCUT2D eigenvalue weighted by Gasteiger charge is -2.20. The van der Waals surface area contributed by atoms with E-state index in [0.717, 1.165) is 38.5 Å². The summed E-state index contributed by atoms with van der Waals surface area (Å²) in [6, 6.07) is -0.632. The Balaban J connectivity index is 3.41. The first-order valence-corrected chi connectivity index (χ1v) is 35.6. The molecule has 2 atom stereocenters. The van der Waals surface area contributed by atoms with Crippen molar-refractivity contribution in [2.75, 3.05) is 13.2 Å². The zero-order valence-electron chi connectivity index (χ0n) is 52.9. The minimum atomic E-state index is -0.848. The number of amides is 1. The van der Waals surface area contributed by atoms with Gasteiger partial charge in [0.25, 0.3) is 0 Å². The van der Waals surface area contributed by atoms with E-state index in [9.17, 15) is 19.8 Å². The molecule has 462 valence electrons. The molecule has 0 spiro atoms. The van der Waals surface area contributed by atoms with E-state index in [2.05, 4.69) is 31.3 Å². The second kappa shape index (κ2) is 67.8. The summed E-state index contributed by atoms with van der Waals surface area (Å²) in [5, 5.41) is 23.2. The fourth-order valence-corrected chi connectivity index (χ4v) is 11.3. The molecule has 0 aromatic carbocycles. The van der Waals surface area contributed by atoms with Gasteiger partial charge in [-0.3, -0.25) is 9.59 Å². The van der Waals surface area contributed by atoms with Gasteiger partial charge in [0, 0.05) is 12.8 Å². The molecular weight excluding hydrogens is 959 g/mol. The average molecular weight is 1100 g/mol. The summed E-state index contributed by atoms with van der Waals surface area (Å²) in [5.74, 6) is -0.0518. The fraction of sp³-hybridized carbons (Fsp3) is 0.917. The molecule has 2 unspecified atom stereocenters. The number of unbranched alkanes of at least 4 members (excludes halogenated alkanes) is 54. The number of hydrogen-bond acceptors (Lipinski definition) is 5. The molecule has 0 saturated carbocycles. The highest BCUT2D eigenvalue weighted by molar-refractivity contribution is 5.76. The predicted octanol–water partition coefficient (Wildman–Crippen LogP) is 22.9. The largest absolute Gasteiger partial charge is 0.466 e. The molecule has 3 N–H and O–H groups in total. The summed E-state index contributed by atoms with van der Waals surface area (Å²) < 4.78 is 5.50. The molecule has 0 heterocycles. The molecule has 6 heteroatoms. The van der Waals surface area contributed by atoms with Crippen molar-refractivity contribution in [1.29, 1.82) is 0 Å². The minimum Gasteiger partial charge on any atom is -0.466 e. The SMILES string of the molecule is CCCCCCCCCCCCCCCCCCCC/C=C/C(O)C(CO)NC(=O)CCCCCCCCCC/C=C\CCCCCCCCCCCCCCOC(=O)CCCCCCCCCCCCCCCCCCC. The summed E-state index contributed by atoms with van der Waals surface area (Å²) in [5.41, 5.74) is 0. The van der Waals surface area contributed by atoms with Crippen LogP contribution < -0.4 is 5.32 Å². The van der Waals surface area contributed by atoms with Crippen LogP contribution in [0.3, 0.4) is 0 Å². The summed E-state index contributed by atoms with van der Waals surface area (Å²) >= 11 is 0. The van der Waals surface area contributed by atoms with Crippen molar-refractivity contribution in [3.05, 3.63) is 24.3 Å². The van der Waals surface area contributed by atoms with Crippen LogP contribution in [0.15, 0.2) is 24.3 Å². The third-order valence-corrected chi connectivity index (χ3v) is 16.7. The molecule has 0 aliphatic heterocycles. The van der Waals surface area contributed by atoms with Gasteiger partial charge in [-0.25, -0.2) is 0 Å². The molecule has 0 aliphatic rings. The number of hydrogen-bond donors (Lipinski definition) is 3. The van der Waals surface area contributed by atoms with E-state index in [1.165, 1.54) is 334 Å². The first-order valence-electron chi connectivity index (χ1n) is 35.6. The molecule has 78 heavy (non-hydrogen) atoms. The zero-order valence-corrected chi connectivity index (χ0v) is 52.9. The van der Waals surface area contributed by atoms with Gasteiger partial charge in [-0.1, -0.05) is 353 Å². The van der Waals surface area contributed by atoms with Crippen molar-refractivity contribution in [1.82, 2.24) is 5.32 Å². The van der Waals surface area contributed by atoms with Crippen molar-refractivity contribution in [3.8, 4) is 0 Å². The zero-order chi connectivity index (χ0) is 56.4. The highest BCUT2D eigenvalue weighted by Crippen LogP contribution is 2.19. The van der Waals surface area contributed by atoms with E-state index >= 15 is 0 Å². The van der Waals surface area contributed by atoms with E-state index < -0.39 is 12.1 Å². The second-order valence-electron chi connectivity index (χ2n) is 24.6. The lowest BCUT2D eigenvalue weighted by atomic mass is 10.0. The van der Waals surface area contributed by atoms with Crippen LogP contribution in [0, 0.1) is 0 Å². The van der Waals surface area contributed by atoms with Crippen molar-refractivity contribution < 1.29 is 24.5 Å². The highest BCUT2D eigenvalue weighted by atomic mass is 16.5. The highest BCUT2D eigenvalue weighted by Gasteiger charge is 2.18. The average Bonchev–Trinajstić information content (AvgIpc) is 3.44. The first-order chi connectivity index (χ1) is 38.5. The van der Waals surface area contributed by atoms with Crippen LogP contribution in [-0.4, -0.2) is 47.4 Å². The van der Waals surface area contributed by atoms with Crippen molar-refractivity contribution in [2.45, 2.75) is 411 Å². The molecule has 0 saturated heterocycles. The van der Waals surface area contributed by atoms with Crippen molar-refractivity contribution >= 4 is 11.9 Å². The summed E-state index contributed by atoms with van der Waals surface area (Å²) in [6.07, 6.45) is 85.4. The van der Waals surface area contributed by atoms with Crippen LogP contribution in [0.5, 0.6) is 0 Å². The Morgan fingerprint density at radius 3 is 0.910 bits per heavy atom. The maximum absolute atomic E-state index is 12.5. The number of carbonyl (C=O) groups is 2. The molecule has 0 aromatic rings. The van der Waals surface area contributed by atoms with Gasteiger partial charge >= 0.3 is 5.97 Å². The van der Waals surface area contributed by atoms with Gasteiger partial charge in [-0.15, -0.1) is 0 Å². The van der Waals surface area contributed by atoms with Gasteiger partial charge in [0.15, 0.2) is 0 Å². The number of ether oxygens (including phenoxy) is 1. The maximum Gasteiger partial charge on any atom is 0.305 e. The Labute approximate surface area is 488 Å². The number of nitrogens with one attached hydrogen (secondary N) is 1. The quantitative estimate of drug-likeness (QED) is 0.0320. The number of allylic oxidation sites excluding steroid dienone is 3. The van der Waals surface area contributed by atoms with Crippen LogP contribution in [0.25, 0.3) is 0 Å². The second-order valence-corrected chi connectivity index (χ2v) is 24.6. The topological polar surface area (TPSA) is 95.9 Å². The third-order valence-electron chi connectivity index (χ3n) is 16.7. The Bertz CT molecular complexity index is 1220. The van der Waals surface area contributed by atoms with Gasteiger partial charge in [0.1, 0.15) is 0 Å². The summed E-state index contributed by atoms with van der Waals surface area (Å²) in [4.78, 5) is 24.6. The molecule has 0 radical (unpaired) electrons. The molecule has 6 nitrogen and oxygen atoms in total. The molecule has 0 aromatic heterocycles. The number of carbonyl (C=O) groups excluding carboxylic acids is 2. The van der Waals surface area contributed by atoms with Gasteiger partial charge in [0.05, 0.1) is 25.4 Å². The number of esters is 1. The fourth-order valence-electron chi connectivity index (χ4n) is 11.3. The Morgan fingerprint density at radius 2 is 0.603 bits per heavy atom. The van der Waals surface area contributed by atoms with Gasteiger partial charge in [0.2, 0.25) is 5.91 Å². The molecule has 0 bridgehead atoms. The minimum absolute atomic E-state index is 0.0168.